The van der Waals surface area contributed by atoms with E-state index < -0.39 is 0 Å². The Morgan fingerprint density at radius 2 is 1.67 bits per heavy atom. The van der Waals surface area contributed by atoms with E-state index in [1.807, 2.05) is 0 Å². The van der Waals surface area contributed by atoms with Gasteiger partial charge in [0.1, 0.15) is 0 Å². The predicted octanol–water partition coefficient (Wildman–Crippen LogP) is -3.86. The van der Waals surface area contributed by atoms with Crippen molar-refractivity contribution < 1.29 is 29.6 Å². The van der Waals surface area contributed by atoms with E-state index in [2.05, 4.69) is 4.99 Å². The van der Waals surface area contributed by atoms with E-state index in [9.17, 15) is 0 Å². The molecule has 0 aromatic heterocycles. The van der Waals surface area contributed by atoms with Gasteiger partial charge in [0.25, 0.3) is 0 Å². The van der Waals surface area contributed by atoms with E-state index in [-0.39, 0.29) is 35.5 Å². The molecule has 7 heteroatoms. The van der Waals surface area contributed by atoms with Gasteiger partial charge in [0.15, 0.2) is 5.96 Å². The first-order valence-electron chi connectivity index (χ1n) is 1.61. The summed E-state index contributed by atoms with van der Waals surface area (Å²) < 4.78 is 0. The third-order valence-electron chi connectivity index (χ3n) is 0.258. The van der Waals surface area contributed by atoms with Crippen LogP contribution >= 0.6 is 0 Å². The molecule has 0 saturated heterocycles. The summed E-state index contributed by atoms with van der Waals surface area (Å²) in [5, 5.41) is 9.00. The molecule has 0 aliphatic rings. The molecule has 0 radical (unpaired) electrons. The smallest absolute Gasteiger partial charge is 0.444 e. The van der Waals surface area contributed by atoms with E-state index in [1.54, 1.807) is 0 Å². The van der Waals surface area contributed by atoms with Crippen LogP contribution in [0.3, 0.4) is 0 Å². The van der Waals surface area contributed by atoms with E-state index in [0.29, 0.717) is 0 Å². The molecule has 0 aromatic rings. The molecular formula is C2H7N4NaO2. The summed E-state index contributed by atoms with van der Waals surface area (Å²) in [5.41, 5.74) is 9.64. The van der Waals surface area contributed by atoms with Gasteiger partial charge in [-0.1, -0.05) is 0 Å². The van der Waals surface area contributed by atoms with Gasteiger partial charge in [0.05, 0.1) is 0 Å². The van der Waals surface area contributed by atoms with Gasteiger partial charge in [-0.25, -0.2) is 0 Å². The van der Waals surface area contributed by atoms with Crippen molar-refractivity contribution in [3.63, 3.8) is 0 Å². The van der Waals surface area contributed by atoms with Crippen molar-refractivity contribution in [1.82, 2.24) is 0 Å². The zero-order chi connectivity index (χ0) is 6.99. The fraction of sp³-hybridized carbons (Fsp3) is 0.500. The number of rotatable bonds is 0. The second kappa shape index (κ2) is 15.6. The third kappa shape index (κ3) is 88.4. The van der Waals surface area contributed by atoms with E-state index in [0.717, 1.165) is 5.34 Å². The SMILES string of the molecule is CN=C(N)N.O=N[O-].[Na+]. The minimum absolute atomic E-state index is 0. The van der Waals surface area contributed by atoms with Crippen LogP contribution in [0.1, 0.15) is 0 Å². The largest absolute Gasteiger partial charge is 1.00 e. The molecule has 0 saturated carbocycles. The molecule has 0 atom stereocenters. The van der Waals surface area contributed by atoms with Gasteiger partial charge in [-0.3, -0.25) is 4.99 Å². The molecule has 48 valence electrons. The topological polar surface area (TPSA) is 117 Å². The Bertz CT molecular complexity index is 80.6. The maximum absolute atomic E-state index is 8.00. The number of nitrogens with zero attached hydrogens (tertiary/aromatic N) is 2. The maximum atomic E-state index is 8.00. The molecule has 0 spiro atoms. The molecule has 9 heavy (non-hydrogen) atoms. The predicted molar refractivity (Wildman–Crippen MR) is 30.9 cm³/mol. The monoisotopic (exact) mass is 142 g/mol. The summed E-state index contributed by atoms with van der Waals surface area (Å²) in [7, 11) is 1.54. The van der Waals surface area contributed by atoms with Crippen LogP contribution < -0.4 is 41.0 Å². The molecule has 6 nitrogen and oxygen atoms in total. The van der Waals surface area contributed by atoms with Crippen LogP contribution in [0.4, 0.5) is 0 Å². The minimum atomic E-state index is 0. The first kappa shape index (κ1) is 15.9. The van der Waals surface area contributed by atoms with Gasteiger partial charge in [0, 0.05) is 7.05 Å². The maximum Gasteiger partial charge on any atom is 1.00 e. The van der Waals surface area contributed by atoms with Gasteiger partial charge >= 0.3 is 29.6 Å². The molecule has 0 unspecified atom stereocenters. The van der Waals surface area contributed by atoms with Gasteiger partial charge in [-0.05, 0) is 0 Å². The van der Waals surface area contributed by atoms with Gasteiger partial charge in [-0.15, -0.1) is 5.34 Å². The fourth-order valence-corrected chi connectivity index (χ4v) is 0. The number of hydrogen-bond acceptors (Lipinski definition) is 4. The Kier molecular flexibility index (Phi) is 27.6. The van der Waals surface area contributed by atoms with Crippen LogP contribution in [-0.2, 0) is 0 Å². The van der Waals surface area contributed by atoms with E-state index in [1.165, 1.54) is 7.05 Å². The van der Waals surface area contributed by atoms with Crippen LogP contribution in [0.5, 0.6) is 0 Å². The Hall–Kier alpha value is -0.330. The molecule has 0 aliphatic heterocycles. The number of hydrogen-bond donors (Lipinski definition) is 2. The van der Waals surface area contributed by atoms with Crippen LogP contribution in [0.15, 0.2) is 10.3 Å². The van der Waals surface area contributed by atoms with Gasteiger partial charge < -0.3 is 21.6 Å². The zero-order valence-corrected chi connectivity index (χ0v) is 7.37. The second-order valence-electron chi connectivity index (χ2n) is 0.723. The molecular weight excluding hydrogens is 135 g/mol. The van der Waals surface area contributed by atoms with Crippen molar-refractivity contribution in [1.29, 1.82) is 0 Å². The summed E-state index contributed by atoms with van der Waals surface area (Å²) >= 11 is 0. The summed E-state index contributed by atoms with van der Waals surface area (Å²) in [6.07, 6.45) is 0. The Morgan fingerprint density at radius 1 is 1.56 bits per heavy atom. The zero-order valence-electron chi connectivity index (χ0n) is 5.37. The average molecular weight is 142 g/mol. The standard InChI is InChI=1S/C2H7N3.HNO2.Na/c1-5-2(3)4;2-1-3;/h1H3,(H4,3,4,5);(H,2,3);/q;;+1/p-1. The van der Waals surface area contributed by atoms with Gasteiger partial charge in [-0.2, -0.15) is 0 Å². The van der Waals surface area contributed by atoms with Crippen molar-refractivity contribution in [2.24, 2.45) is 21.8 Å². The number of nitrogens with two attached hydrogens (primary N) is 2. The van der Waals surface area contributed by atoms with E-state index >= 15 is 0 Å². The van der Waals surface area contributed by atoms with Gasteiger partial charge in [0.2, 0.25) is 0 Å². The van der Waals surface area contributed by atoms with Crippen molar-refractivity contribution in [3.05, 3.63) is 10.1 Å². The minimum Gasteiger partial charge on any atom is -0.444 e. The molecule has 0 aromatic carbocycles. The van der Waals surface area contributed by atoms with Crippen molar-refractivity contribution in [2.75, 3.05) is 7.05 Å². The summed E-state index contributed by atoms with van der Waals surface area (Å²) in [6.45, 7) is 0. The van der Waals surface area contributed by atoms with Crippen molar-refractivity contribution in [2.45, 2.75) is 0 Å². The molecule has 0 rings (SSSR count). The van der Waals surface area contributed by atoms with E-state index in [4.69, 9.17) is 21.6 Å². The van der Waals surface area contributed by atoms with Crippen LogP contribution in [0.25, 0.3) is 0 Å². The van der Waals surface area contributed by atoms with Crippen LogP contribution in [-0.4, -0.2) is 13.0 Å². The Balaban J connectivity index is -0.0000000800. The van der Waals surface area contributed by atoms with Crippen LogP contribution in [0, 0.1) is 10.1 Å². The molecule has 0 fully saturated rings. The summed E-state index contributed by atoms with van der Waals surface area (Å²) in [5.74, 6) is 0.130. The van der Waals surface area contributed by atoms with Crippen molar-refractivity contribution >= 4 is 5.96 Å². The fourth-order valence-electron chi connectivity index (χ4n) is 0. The molecule has 0 aliphatic carbocycles. The number of guanidine groups is 1. The third-order valence-corrected chi connectivity index (χ3v) is 0.258. The quantitative estimate of drug-likeness (QED) is 0.118. The Morgan fingerprint density at radius 3 is 1.67 bits per heavy atom. The Labute approximate surface area is 74.5 Å². The molecule has 4 N–H and O–H groups in total. The molecule has 0 bridgehead atoms. The molecule has 0 amide bonds. The average Bonchev–Trinajstić information content (AvgIpc) is 1.69. The first-order chi connectivity index (χ1) is 3.68. The second-order valence-corrected chi connectivity index (χ2v) is 0.723. The normalized spacial score (nSPS) is 5.00. The van der Waals surface area contributed by atoms with Crippen molar-refractivity contribution in [3.8, 4) is 0 Å². The molecule has 0 heterocycles. The number of aliphatic imine (C=N–C) groups is 1. The first-order valence-corrected chi connectivity index (χ1v) is 1.61. The summed E-state index contributed by atoms with van der Waals surface area (Å²) in [6, 6.07) is 0. The van der Waals surface area contributed by atoms with Crippen LogP contribution in [0.2, 0.25) is 0 Å². The summed E-state index contributed by atoms with van der Waals surface area (Å²) in [4.78, 5) is 11.4.